The molecule has 0 radical (unpaired) electrons. The quantitative estimate of drug-likeness (QED) is 0.800. The van der Waals surface area contributed by atoms with E-state index in [0.717, 1.165) is 24.2 Å². The largest absolute Gasteiger partial charge is 0.352 e. The highest BCUT2D eigenvalue weighted by Crippen LogP contribution is 2.18. The molecule has 5 nitrogen and oxygen atoms in total. The van der Waals surface area contributed by atoms with Gasteiger partial charge in [-0.1, -0.05) is 6.07 Å². The molecule has 1 aromatic heterocycles. The van der Waals surface area contributed by atoms with E-state index in [-0.39, 0.29) is 22.7 Å². The van der Waals surface area contributed by atoms with Gasteiger partial charge in [0.25, 0.3) is 10.0 Å². The smallest absolute Gasteiger partial charge is 0.250 e. The fourth-order valence-corrected chi connectivity index (χ4v) is 3.17. The minimum Gasteiger partial charge on any atom is -0.352 e. The summed E-state index contributed by atoms with van der Waals surface area (Å²) in [6, 6.07) is 3.41. The second kappa shape index (κ2) is 4.52. The Bertz CT molecular complexity index is 463. The third-order valence-electron chi connectivity index (χ3n) is 2.13. The molecule has 1 heterocycles. The van der Waals surface area contributed by atoms with Crippen LogP contribution in [0, 0.1) is 0 Å². The molecule has 1 saturated carbocycles. The molecule has 88 valence electrons. The average molecular weight is 260 g/mol. The normalized spacial score (nSPS) is 16.0. The number of carbonyl (C=O) groups excluding carboxylic acids is 1. The van der Waals surface area contributed by atoms with Crippen LogP contribution in [0.2, 0.25) is 0 Å². The lowest BCUT2D eigenvalue weighted by Gasteiger charge is -2.05. The second-order valence-electron chi connectivity index (χ2n) is 3.60. The summed E-state index contributed by atoms with van der Waals surface area (Å²) in [5, 5.41) is 4.39. The van der Waals surface area contributed by atoms with Crippen molar-refractivity contribution < 1.29 is 13.2 Å². The van der Waals surface area contributed by atoms with Crippen LogP contribution in [0.25, 0.3) is 0 Å². The van der Waals surface area contributed by atoms with Gasteiger partial charge in [0.1, 0.15) is 4.21 Å². The first-order valence-electron chi connectivity index (χ1n) is 4.90. The minimum atomic E-state index is -3.52. The minimum absolute atomic E-state index is 0.198. The fourth-order valence-electron chi connectivity index (χ4n) is 1.15. The van der Waals surface area contributed by atoms with E-state index in [2.05, 4.69) is 10.0 Å². The van der Waals surface area contributed by atoms with Gasteiger partial charge in [0.05, 0.1) is 6.54 Å². The number of rotatable bonds is 5. The summed E-state index contributed by atoms with van der Waals surface area (Å²) in [4.78, 5) is 11.3. The summed E-state index contributed by atoms with van der Waals surface area (Å²) in [7, 11) is -3.52. The van der Waals surface area contributed by atoms with E-state index < -0.39 is 10.0 Å². The Kier molecular flexibility index (Phi) is 3.27. The van der Waals surface area contributed by atoms with Gasteiger partial charge in [-0.15, -0.1) is 11.3 Å². The lowest BCUT2D eigenvalue weighted by molar-refractivity contribution is -0.120. The predicted octanol–water partition coefficient (Wildman–Crippen LogP) is 0.305. The summed E-state index contributed by atoms with van der Waals surface area (Å²) in [6.07, 6.45) is 1.98. The Morgan fingerprint density at radius 1 is 1.50 bits per heavy atom. The number of sulfonamides is 1. The molecule has 1 aliphatic rings. The van der Waals surface area contributed by atoms with Gasteiger partial charge in [0, 0.05) is 6.04 Å². The predicted molar refractivity (Wildman–Crippen MR) is 60.7 cm³/mol. The Morgan fingerprint density at radius 3 is 2.81 bits per heavy atom. The monoisotopic (exact) mass is 260 g/mol. The van der Waals surface area contributed by atoms with Crippen LogP contribution in [0.3, 0.4) is 0 Å². The third kappa shape index (κ3) is 3.03. The maximum absolute atomic E-state index is 11.6. The second-order valence-corrected chi connectivity index (χ2v) is 6.54. The maximum Gasteiger partial charge on any atom is 0.250 e. The van der Waals surface area contributed by atoms with Crippen molar-refractivity contribution >= 4 is 27.3 Å². The van der Waals surface area contributed by atoms with Crippen molar-refractivity contribution in [2.24, 2.45) is 0 Å². The number of thiophene rings is 1. The molecule has 16 heavy (non-hydrogen) atoms. The summed E-state index contributed by atoms with van der Waals surface area (Å²) in [6.45, 7) is -0.198. The van der Waals surface area contributed by atoms with Crippen LogP contribution >= 0.6 is 11.3 Å². The maximum atomic E-state index is 11.6. The van der Waals surface area contributed by atoms with Gasteiger partial charge in [-0.25, -0.2) is 13.1 Å². The molecule has 7 heteroatoms. The van der Waals surface area contributed by atoms with Crippen molar-refractivity contribution in [2.45, 2.75) is 23.1 Å². The van der Waals surface area contributed by atoms with Crippen molar-refractivity contribution in [1.82, 2.24) is 10.0 Å². The molecule has 0 aromatic carbocycles. The van der Waals surface area contributed by atoms with Crippen molar-refractivity contribution in [2.75, 3.05) is 6.54 Å². The summed E-state index contributed by atoms with van der Waals surface area (Å²) >= 11 is 1.13. The van der Waals surface area contributed by atoms with Crippen molar-refractivity contribution in [3.63, 3.8) is 0 Å². The van der Waals surface area contributed by atoms with Crippen molar-refractivity contribution in [1.29, 1.82) is 0 Å². The zero-order valence-corrected chi connectivity index (χ0v) is 10.1. The SMILES string of the molecule is O=C(CNS(=O)(=O)c1cccs1)NC1CC1. The van der Waals surface area contributed by atoms with E-state index in [1.165, 1.54) is 6.07 Å². The van der Waals surface area contributed by atoms with Gasteiger partial charge in [0.2, 0.25) is 5.91 Å². The standard InChI is InChI=1S/C9H12N2O3S2/c12-8(11-7-3-4-7)6-10-16(13,14)9-2-1-5-15-9/h1-2,5,7,10H,3-4,6H2,(H,11,12). The van der Waals surface area contributed by atoms with E-state index in [1.807, 2.05) is 0 Å². The molecule has 0 spiro atoms. The summed E-state index contributed by atoms with van der Waals surface area (Å²) in [5.41, 5.74) is 0. The molecule has 1 amide bonds. The van der Waals surface area contributed by atoms with E-state index in [9.17, 15) is 13.2 Å². The van der Waals surface area contributed by atoms with Crippen molar-refractivity contribution in [3.05, 3.63) is 17.5 Å². The van der Waals surface area contributed by atoms with Crippen LogP contribution in [-0.2, 0) is 14.8 Å². The molecule has 0 bridgehead atoms. The Morgan fingerprint density at radius 2 is 2.25 bits per heavy atom. The topological polar surface area (TPSA) is 75.3 Å². The van der Waals surface area contributed by atoms with E-state index in [1.54, 1.807) is 11.4 Å². The number of hydrogen-bond acceptors (Lipinski definition) is 4. The van der Waals surface area contributed by atoms with E-state index in [0.29, 0.717) is 0 Å². The lowest BCUT2D eigenvalue weighted by atomic mass is 10.5. The third-order valence-corrected chi connectivity index (χ3v) is 4.92. The Labute approximate surface area is 97.9 Å². The van der Waals surface area contributed by atoms with Gasteiger partial charge in [0.15, 0.2) is 0 Å². The van der Waals surface area contributed by atoms with Crippen molar-refractivity contribution in [3.8, 4) is 0 Å². The molecular formula is C9H12N2O3S2. The molecule has 0 aliphatic heterocycles. The van der Waals surface area contributed by atoms with Crippen LogP contribution < -0.4 is 10.0 Å². The highest BCUT2D eigenvalue weighted by Gasteiger charge is 2.24. The molecule has 2 rings (SSSR count). The summed E-state index contributed by atoms with van der Waals surface area (Å²) < 4.78 is 25.7. The van der Waals surface area contributed by atoms with E-state index in [4.69, 9.17) is 0 Å². The number of hydrogen-bond donors (Lipinski definition) is 2. The highest BCUT2D eigenvalue weighted by molar-refractivity contribution is 7.91. The zero-order valence-electron chi connectivity index (χ0n) is 8.47. The van der Waals surface area contributed by atoms with Gasteiger partial charge in [-0.2, -0.15) is 0 Å². The van der Waals surface area contributed by atoms with Crippen LogP contribution in [0.15, 0.2) is 21.7 Å². The molecule has 0 saturated heterocycles. The van der Waals surface area contributed by atoms with E-state index >= 15 is 0 Å². The van der Waals surface area contributed by atoms with Gasteiger partial charge in [-0.3, -0.25) is 4.79 Å². The average Bonchev–Trinajstić information content (AvgIpc) is 2.86. The Hall–Kier alpha value is -0.920. The fraction of sp³-hybridized carbons (Fsp3) is 0.444. The molecule has 1 aromatic rings. The molecular weight excluding hydrogens is 248 g/mol. The van der Waals surface area contributed by atoms with Gasteiger partial charge >= 0.3 is 0 Å². The first kappa shape index (κ1) is 11.6. The first-order valence-corrected chi connectivity index (χ1v) is 7.27. The van der Waals surface area contributed by atoms with Gasteiger partial charge in [-0.05, 0) is 24.3 Å². The molecule has 2 N–H and O–H groups in total. The molecule has 1 fully saturated rings. The van der Waals surface area contributed by atoms with Crippen LogP contribution in [-0.4, -0.2) is 26.9 Å². The first-order chi connectivity index (χ1) is 7.58. The Balaban J connectivity index is 1.86. The molecule has 0 unspecified atom stereocenters. The molecule has 0 atom stereocenters. The number of amides is 1. The zero-order chi connectivity index (χ0) is 11.6. The molecule has 1 aliphatic carbocycles. The van der Waals surface area contributed by atoms with Gasteiger partial charge < -0.3 is 5.32 Å². The highest BCUT2D eigenvalue weighted by atomic mass is 32.2. The van der Waals surface area contributed by atoms with Crippen LogP contribution in [0.1, 0.15) is 12.8 Å². The number of nitrogens with one attached hydrogen (secondary N) is 2. The summed E-state index contributed by atoms with van der Waals surface area (Å²) in [5.74, 6) is -0.275. The van der Waals surface area contributed by atoms with Crippen LogP contribution in [0.4, 0.5) is 0 Å². The number of carbonyl (C=O) groups is 1. The lowest BCUT2D eigenvalue weighted by Crippen LogP contribution is -2.37. The van der Waals surface area contributed by atoms with Crippen LogP contribution in [0.5, 0.6) is 0 Å².